The summed E-state index contributed by atoms with van der Waals surface area (Å²) in [6.45, 7) is 1.97. The molecule has 0 aliphatic carbocycles. The van der Waals surface area contributed by atoms with Gasteiger partial charge >= 0.3 is 5.97 Å². The van der Waals surface area contributed by atoms with Crippen LogP contribution < -0.4 is 15.4 Å². The van der Waals surface area contributed by atoms with Gasteiger partial charge in [-0.3, -0.25) is 0 Å². The molecule has 140 valence electrons. The molecule has 0 aromatic heterocycles. The first-order valence-corrected chi connectivity index (χ1v) is 9.61. The van der Waals surface area contributed by atoms with Gasteiger partial charge in [-0.15, -0.1) is 0 Å². The molecular weight excluding hydrogens is 354 g/mol. The van der Waals surface area contributed by atoms with E-state index in [0.717, 1.165) is 0 Å². The molecule has 0 radical (unpaired) electrons. The molecular formula is C18H23N3O4S. The van der Waals surface area contributed by atoms with Gasteiger partial charge in [0.05, 0.1) is 22.9 Å². The minimum absolute atomic E-state index is 0.0405. The SMILES string of the molecule is CCOC(=O)[C@H](Nc1cc(S(N)(=O)=O)ccc1N(C)C)c1ccccc1. The van der Waals surface area contributed by atoms with E-state index >= 15 is 0 Å². The predicted octanol–water partition coefficient (Wildman–Crippen LogP) is 2.12. The molecule has 3 N–H and O–H groups in total. The second-order valence-corrected chi connectivity index (χ2v) is 7.42. The van der Waals surface area contributed by atoms with Crippen molar-refractivity contribution in [3.05, 3.63) is 54.1 Å². The maximum absolute atomic E-state index is 12.5. The Balaban J connectivity index is 2.51. The lowest BCUT2D eigenvalue weighted by atomic mass is 10.1. The Morgan fingerprint density at radius 2 is 1.85 bits per heavy atom. The van der Waals surface area contributed by atoms with Gasteiger partial charge in [-0.05, 0) is 30.7 Å². The van der Waals surface area contributed by atoms with E-state index in [1.165, 1.54) is 12.1 Å². The Bertz CT molecular complexity index is 867. The van der Waals surface area contributed by atoms with E-state index in [-0.39, 0.29) is 11.5 Å². The minimum atomic E-state index is -3.87. The van der Waals surface area contributed by atoms with Crippen molar-refractivity contribution in [1.29, 1.82) is 0 Å². The average Bonchev–Trinajstić information content (AvgIpc) is 2.59. The summed E-state index contributed by atoms with van der Waals surface area (Å²) < 4.78 is 28.6. The van der Waals surface area contributed by atoms with Gasteiger partial charge in [0.1, 0.15) is 0 Å². The van der Waals surface area contributed by atoms with E-state index in [9.17, 15) is 13.2 Å². The highest BCUT2D eigenvalue weighted by molar-refractivity contribution is 7.89. The fraction of sp³-hybridized carbons (Fsp3) is 0.278. The van der Waals surface area contributed by atoms with Crippen LogP contribution in [0.3, 0.4) is 0 Å². The quantitative estimate of drug-likeness (QED) is 0.717. The van der Waals surface area contributed by atoms with Gasteiger partial charge in [0.2, 0.25) is 10.0 Å². The normalized spacial score (nSPS) is 12.3. The van der Waals surface area contributed by atoms with Crippen LogP contribution in [0, 0.1) is 0 Å². The largest absolute Gasteiger partial charge is 0.464 e. The highest BCUT2D eigenvalue weighted by atomic mass is 32.2. The first-order valence-electron chi connectivity index (χ1n) is 8.06. The number of rotatable bonds is 7. The Morgan fingerprint density at radius 1 is 1.19 bits per heavy atom. The molecule has 0 fully saturated rings. The number of esters is 1. The lowest BCUT2D eigenvalue weighted by Gasteiger charge is -2.24. The third-order valence-electron chi connectivity index (χ3n) is 3.73. The van der Waals surface area contributed by atoms with Crippen molar-refractivity contribution in [3.8, 4) is 0 Å². The van der Waals surface area contributed by atoms with E-state index in [0.29, 0.717) is 16.9 Å². The van der Waals surface area contributed by atoms with Crippen LogP contribution in [0.1, 0.15) is 18.5 Å². The second kappa shape index (κ2) is 8.20. The van der Waals surface area contributed by atoms with Crippen LogP contribution in [-0.4, -0.2) is 35.1 Å². The van der Waals surface area contributed by atoms with Crippen molar-refractivity contribution in [2.45, 2.75) is 17.9 Å². The lowest BCUT2D eigenvalue weighted by molar-refractivity contribution is -0.144. The highest BCUT2D eigenvalue weighted by Crippen LogP contribution is 2.31. The number of anilines is 2. The van der Waals surface area contributed by atoms with E-state index in [4.69, 9.17) is 9.88 Å². The summed E-state index contributed by atoms with van der Waals surface area (Å²) in [4.78, 5) is 14.2. The van der Waals surface area contributed by atoms with Gasteiger partial charge in [0.15, 0.2) is 6.04 Å². The minimum Gasteiger partial charge on any atom is -0.464 e. The van der Waals surface area contributed by atoms with Crippen LogP contribution in [0.25, 0.3) is 0 Å². The van der Waals surface area contributed by atoms with Crippen molar-refractivity contribution < 1.29 is 17.9 Å². The molecule has 0 heterocycles. The van der Waals surface area contributed by atoms with Crippen LogP contribution in [0.4, 0.5) is 11.4 Å². The van der Waals surface area contributed by atoms with E-state index in [2.05, 4.69) is 5.32 Å². The monoisotopic (exact) mass is 377 g/mol. The molecule has 26 heavy (non-hydrogen) atoms. The number of nitrogens with two attached hydrogens (primary N) is 1. The van der Waals surface area contributed by atoms with Gasteiger partial charge in [-0.25, -0.2) is 18.4 Å². The van der Waals surface area contributed by atoms with Crippen molar-refractivity contribution in [2.75, 3.05) is 30.9 Å². The highest BCUT2D eigenvalue weighted by Gasteiger charge is 2.24. The Morgan fingerprint density at radius 3 is 2.38 bits per heavy atom. The van der Waals surface area contributed by atoms with Gasteiger partial charge in [-0.2, -0.15) is 0 Å². The molecule has 8 heteroatoms. The summed E-state index contributed by atoms with van der Waals surface area (Å²) in [6.07, 6.45) is 0. The summed E-state index contributed by atoms with van der Waals surface area (Å²) in [7, 11) is -0.236. The van der Waals surface area contributed by atoms with E-state index < -0.39 is 22.0 Å². The van der Waals surface area contributed by atoms with Crippen molar-refractivity contribution in [1.82, 2.24) is 0 Å². The molecule has 0 bridgehead atoms. The smallest absolute Gasteiger partial charge is 0.333 e. The summed E-state index contributed by atoms with van der Waals surface area (Å²) in [5.74, 6) is -0.454. The van der Waals surface area contributed by atoms with Gasteiger partial charge in [0.25, 0.3) is 0 Å². The Kier molecular flexibility index (Phi) is 6.23. The number of hydrogen-bond acceptors (Lipinski definition) is 6. The van der Waals surface area contributed by atoms with Crippen LogP contribution in [0.15, 0.2) is 53.4 Å². The molecule has 1 atom stereocenters. The summed E-state index contributed by atoms with van der Waals surface area (Å²) in [6, 6.07) is 12.8. The maximum Gasteiger partial charge on any atom is 0.333 e. The molecule has 2 aromatic rings. The molecule has 0 aliphatic heterocycles. The van der Waals surface area contributed by atoms with Crippen molar-refractivity contribution in [3.63, 3.8) is 0 Å². The number of sulfonamides is 1. The van der Waals surface area contributed by atoms with E-state index in [1.54, 1.807) is 25.1 Å². The number of hydrogen-bond donors (Lipinski definition) is 2. The first-order chi connectivity index (χ1) is 12.2. The summed E-state index contributed by atoms with van der Waals surface area (Å²) in [5.41, 5.74) is 1.88. The molecule has 0 saturated heterocycles. The third kappa shape index (κ3) is 4.74. The molecule has 0 unspecified atom stereocenters. The summed E-state index contributed by atoms with van der Waals surface area (Å²) >= 11 is 0. The number of carbonyl (C=O) groups excluding carboxylic acids is 1. The van der Waals surface area contributed by atoms with Crippen LogP contribution in [0.2, 0.25) is 0 Å². The number of ether oxygens (including phenoxy) is 1. The van der Waals surface area contributed by atoms with Gasteiger partial charge in [-0.1, -0.05) is 30.3 Å². The molecule has 2 aromatic carbocycles. The van der Waals surface area contributed by atoms with Crippen LogP contribution >= 0.6 is 0 Å². The number of carbonyl (C=O) groups is 1. The molecule has 2 rings (SSSR count). The Hall–Kier alpha value is -2.58. The standard InChI is InChI=1S/C18H23N3O4S/c1-4-25-18(22)17(13-8-6-5-7-9-13)20-15-12-14(26(19,23)24)10-11-16(15)21(2)3/h5-12,17,20H,4H2,1-3H3,(H2,19,23,24)/t17-/m1/s1. The lowest BCUT2D eigenvalue weighted by Crippen LogP contribution is -2.25. The molecule has 0 aliphatic rings. The van der Waals surface area contributed by atoms with Crippen LogP contribution in [-0.2, 0) is 19.6 Å². The molecule has 0 spiro atoms. The average molecular weight is 377 g/mol. The molecule has 7 nitrogen and oxygen atoms in total. The Labute approximate surface area is 153 Å². The molecule has 0 saturated carbocycles. The predicted molar refractivity (Wildman–Crippen MR) is 102 cm³/mol. The number of benzene rings is 2. The summed E-state index contributed by atoms with van der Waals surface area (Å²) in [5, 5.41) is 8.35. The number of nitrogens with zero attached hydrogens (tertiary/aromatic N) is 1. The van der Waals surface area contributed by atoms with Gasteiger partial charge < -0.3 is 15.0 Å². The van der Waals surface area contributed by atoms with E-state index in [1.807, 2.05) is 37.2 Å². The maximum atomic E-state index is 12.5. The fourth-order valence-corrected chi connectivity index (χ4v) is 3.04. The second-order valence-electron chi connectivity index (χ2n) is 5.86. The number of primary sulfonamides is 1. The van der Waals surface area contributed by atoms with Crippen molar-refractivity contribution in [2.24, 2.45) is 5.14 Å². The fourth-order valence-electron chi connectivity index (χ4n) is 2.50. The van der Waals surface area contributed by atoms with Crippen molar-refractivity contribution >= 4 is 27.4 Å². The van der Waals surface area contributed by atoms with Gasteiger partial charge in [0, 0.05) is 14.1 Å². The number of nitrogens with one attached hydrogen (secondary N) is 1. The zero-order valence-electron chi connectivity index (χ0n) is 15.0. The zero-order valence-corrected chi connectivity index (χ0v) is 15.8. The van der Waals surface area contributed by atoms with Crippen LogP contribution in [0.5, 0.6) is 0 Å². The topological polar surface area (TPSA) is 102 Å². The third-order valence-corrected chi connectivity index (χ3v) is 4.64. The zero-order chi connectivity index (χ0) is 19.3. The molecule has 0 amide bonds. The first kappa shape index (κ1) is 19.7.